The fourth-order valence-electron chi connectivity index (χ4n) is 2.09. The van der Waals surface area contributed by atoms with Crippen molar-refractivity contribution in [1.29, 1.82) is 0 Å². The molecule has 0 aromatic rings. The van der Waals surface area contributed by atoms with Crippen molar-refractivity contribution < 1.29 is 4.74 Å². The lowest BCUT2D eigenvalue weighted by Crippen LogP contribution is -2.30. The minimum Gasteiger partial charge on any atom is -0.381 e. The molecule has 1 heterocycles. The standard InChI is InChI=1S/C8H15NO/c1-10-7-6-8(7)2-4-9-5-3-8/h7,9H,2-6H2,1H3. The van der Waals surface area contributed by atoms with E-state index in [9.17, 15) is 0 Å². The van der Waals surface area contributed by atoms with E-state index in [1.807, 2.05) is 7.11 Å². The summed E-state index contributed by atoms with van der Waals surface area (Å²) in [5.74, 6) is 0. The largest absolute Gasteiger partial charge is 0.381 e. The first-order valence-corrected chi connectivity index (χ1v) is 4.11. The molecular formula is C8H15NO. The molecule has 10 heavy (non-hydrogen) atoms. The highest BCUT2D eigenvalue weighted by Crippen LogP contribution is 2.54. The first kappa shape index (κ1) is 6.62. The van der Waals surface area contributed by atoms with Crippen molar-refractivity contribution in [2.45, 2.75) is 25.4 Å². The summed E-state index contributed by atoms with van der Waals surface area (Å²) in [4.78, 5) is 0. The number of methoxy groups -OCH3 is 1. The zero-order valence-electron chi connectivity index (χ0n) is 6.52. The van der Waals surface area contributed by atoms with Crippen LogP contribution in [0.4, 0.5) is 0 Å². The van der Waals surface area contributed by atoms with Crippen LogP contribution < -0.4 is 5.32 Å². The molecule has 0 aromatic heterocycles. The van der Waals surface area contributed by atoms with Gasteiger partial charge in [0.2, 0.25) is 0 Å². The number of hydrogen-bond acceptors (Lipinski definition) is 2. The maximum atomic E-state index is 5.33. The fraction of sp³-hybridized carbons (Fsp3) is 1.00. The van der Waals surface area contributed by atoms with Gasteiger partial charge in [-0.25, -0.2) is 0 Å². The van der Waals surface area contributed by atoms with Crippen molar-refractivity contribution in [3.05, 3.63) is 0 Å². The van der Waals surface area contributed by atoms with Crippen LogP contribution in [0.25, 0.3) is 0 Å². The normalized spacial score (nSPS) is 36.3. The van der Waals surface area contributed by atoms with E-state index in [1.165, 1.54) is 32.4 Å². The Kier molecular flexibility index (Phi) is 1.46. The molecule has 0 aromatic carbocycles. The molecule has 0 bridgehead atoms. The number of hydrogen-bond donors (Lipinski definition) is 1. The van der Waals surface area contributed by atoms with Gasteiger partial charge in [-0.2, -0.15) is 0 Å². The first-order valence-electron chi connectivity index (χ1n) is 4.11. The molecule has 2 aliphatic rings. The van der Waals surface area contributed by atoms with Crippen LogP contribution in [0.2, 0.25) is 0 Å². The molecule has 0 amide bonds. The minimum atomic E-state index is 0.592. The SMILES string of the molecule is COC1CC12CCNCC2. The zero-order valence-corrected chi connectivity index (χ0v) is 6.52. The molecule has 1 saturated carbocycles. The van der Waals surface area contributed by atoms with Gasteiger partial charge in [0.15, 0.2) is 0 Å². The monoisotopic (exact) mass is 141 g/mol. The van der Waals surface area contributed by atoms with E-state index in [2.05, 4.69) is 5.32 Å². The van der Waals surface area contributed by atoms with Crippen molar-refractivity contribution in [2.24, 2.45) is 5.41 Å². The summed E-state index contributed by atoms with van der Waals surface area (Å²) >= 11 is 0. The van der Waals surface area contributed by atoms with Crippen molar-refractivity contribution in [3.8, 4) is 0 Å². The van der Waals surface area contributed by atoms with Gasteiger partial charge in [-0.05, 0) is 32.4 Å². The van der Waals surface area contributed by atoms with Crippen LogP contribution in [0.3, 0.4) is 0 Å². The Bertz CT molecular complexity index is 129. The molecule has 2 rings (SSSR count). The third kappa shape index (κ3) is 0.867. The van der Waals surface area contributed by atoms with Gasteiger partial charge in [0.1, 0.15) is 0 Å². The van der Waals surface area contributed by atoms with Gasteiger partial charge < -0.3 is 10.1 Å². The summed E-state index contributed by atoms with van der Waals surface area (Å²) < 4.78 is 5.33. The van der Waals surface area contributed by atoms with Crippen LogP contribution in [0.1, 0.15) is 19.3 Å². The zero-order chi connectivity index (χ0) is 7.03. The summed E-state index contributed by atoms with van der Waals surface area (Å²) in [6.45, 7) is 2.39. The lowest BCUT2D eigenvalue weighted by Gasteiger charge is -2.22. The minimum absolute atomic E-state index is 0.592. The van der Waals surface area contributed by atoms with Crippen molar-refractivity contribution in [2.75, 3.05) is 20.2 Å². The maximum Gasteiger partial charge on any atom is 0.0635 e. The molecule has 1 atom stereocenters. The van der Waals surface area contributed by atoms with E-state index in [1.54, 1.807) is 0 Å². The van der Waals surface area contributed by atoms with Crippen molar-refractivity contribution in [3.63, 3.8) is 0 Å². The highest BCUT2D eigenvalue weighted by atomic mass is 16.5. The van der Waals surface area contributed by atoms with Gasteiger partial charge in [0.05, 0.1) is 6.10 Å². The molecule has 2 fully saturated rings. The molecule has 1 aliphatic carbocycles. The Labute approximate surface area is 61.9 Å². The summed E-state index contributed by atoms with van der Waals surface area (Å²) in [6, 6.07) is 0. The van der Waals surface area contributed by atoms with Crippen molar-refractivity contribution >= 4 is 0 Å². The van der Waals surface area contributed by atoms with E-state index in [0.717, 1.165) is 0 Å². The predicted molar refractivity (Wildman–Crippen MR) is 40.0 cm³/mol. The average Bonchev–Trinajstić information content (AvgIpc) is 2.65. The summed E-state index contributed by atoms with van der Waals surface area (Å²) in [5, 5.41) is 3.37. The van der Waals surface area contributed by atoms with E-state index >= 15 is 0 Å². The van der Waals surface area contributed by atoms with Crippen LogP contribution in [0.5, 0.6) is 0 Å². The number of ether oxygens (including phenoxy) is 1. The van der Waals surface area contributed by atoms with Crippen LogP contribution in [0, 0.1) is 5.41 Å². The third-order valence-corrected chi connectivity index (χ3v) is 3.00. The molecule has 1 spiro atoms. The third-order valence-electron chi connectivity index (χ3n) is 3.00. The van der Waals surface area contributed by atoms with Gasteiger partial charge >= 0.3 is 0 Å². The van der Waals surface area contributed by atoms with Crippen LogP contribution in [0.15, 0.2) is 0 Å². The first-order chi connectivity index (χ1) is 4.87. The fourth-order valence-corrected chi connectivity index (χ4v) is 2.09. The average molecular weight is 141 g/mol. The second kappa shape index (κ2) is 2.21. The Morgan fingerprint density at radius 3 is 2.60 bits per heavy atom. The molecule has 58 valence electrons. The molecule has 2 nitrogen and oxygen atoms in total. The second-order valence-corrected chi connectivity index (χ2v) is 3.54. The van der Waals surface area contributed by atoms with Gasteiger partial charge in [-0.15, -0.1) is 0 Å². The van der Waals surface area contributed by atoms with Crippen molar-refractivity contribution in [1.82, 2.24) is 5.32 Å². The Balaban J connectivity index is 1.92. The molecular weight excluding hydrogens is 126 g/mol. The lowest BCUT2D eigenvalue weighted by molar-refractivity contribution is 0.129. The van der Waals surface area contributed by atoms with E-state index < -0.39 is 0 Å². The Morgan fingerprint density at radius 1 is 1.40 bits per heavy atom. The van der Waals surface area contributed by atoms with E-state index in [4.69, 9.17) is 4.74 Å². The number of piperidine rings is 1. The number of rotatable bonds is 1. The maximum absolute atomic E-state index is 5.33. The molecule has 1 aliphatic heterocycles. The molecule has 2 heteroatoms. The summed E-state index contributed by atoms with van der Waals surface area (Å²) in [5.41, 5.74) is 0.611. The summed E-state index contributed by atoms with van der Waals surface area (Å²) in [6.07, 6.45) is 4.55. The highest BCUT2D eigenvalue weighted by Gasteiger charge is 2.54. The molecule has 1 N–H and O–H groups in total. The highest BCUT2D eigenvalue weighted by molar-refractivity contribution is 5.05. The van der Waals surface area contributed by atoms with Gasteiger partial charge in [0, 0.05) is 12.5 Å². The lowest BCUT2D eigenvalue weighted by atomic mass is 9.94. The van der Waals surface area contributed by atoms with Crippen LogP contribution >= 0.6 is 0 Å². The molecule has 1 unspecified atom stereocenters. The topological polar surface area (TPSA) is 21.3 Å². The van der Waals surface area contributed by atoms with E-state index in [-0.39, 0.29) is 0 Å². The smallest absolute Gasteiger partial charge is 0.0635 e. The van der Waals surface area contributed by atoms with Crippen LogP contribution in [-0.2, 0) is 4.74 Å². The number of nitrogens with one attached hydrogen (secondary N) is 1. The van der Waals surface area contributed by atoms with Gasteiger partial charge in [-0.3, -0.25) is 0 Å². The molecule has 1 saturated heterocycles. The summed E-state index contributed by atoms with van der Waals surface area (Å²) in [7, 11) is 1.83. The quantitative estimate of drug-likeness (QED) is 0.582. The van der Waals surface area contributed by atoms with Gasteiger partial charge in [0.25, 0.3) is 0 Å². The molecule has 0 radical (unpaired) electrons. The van der Waals surface area contributed by atoms with Gasteiger partial charge in [-0.1, -0.05) is 0 Å². The van der Waals surface area contributed by atoms with Crippen LogP contribution in [-0.4, -0.2) is 26.3 Å². The Hall–Kier alpha value is -0.0800. The predicted octanol–water partition coefficient (Wildman–Crippen LogP) is 0.775. The second-order valence-electron chi connectivity index (χ2n) is 3.54. The Morgan fingerprint density at radius 2 is 2.10 bits per heavy atom. The van der Waals surface area contributed by atoms with E-state index in [0.29, 0.717) is 11.5 Å².